The summed E-state index contributed by atoms with van der Waals surface area (Å²) in [5.41, 5.74) is 12.6. The van der Waals surface area contributed by atoms with Gasteiger partial charge in [-0.3, -0.25) is 0 Å². The van der Waals surface area contributed by atoms with E-state index in [1.165, 1.54) is 38.8 Å². The molecule has 0 fully saturated rings. The Bertz CT molecular complexity index is 2220. The van der Waals surface area contributed by atoms with Crippen LogP contribution in [0.15, 0.2) is 140 Å². The molecular formula is C42H33N3. The van der Waals surface area contributed by atoms with E-state index < -0.39 is 0 Å². The number of allylic oxidation sites excluding steroid dienone is 1. The molecule has 0 N–H and O–H groups in total. The molecule has 0 radical (unpaired) electrons. The largest absolute Gasteiger partial charge is 0.311 e. The monoisotopic (exact) mass is 579 g/mol. The van der Waals surface area contributed by atoms with Crippen LogP contribution in [0.4, 0.5) is 11.4 Å². The third kappa shape index (κ3) is 4.39. The van der Waals surface area contributed by atoms with Gasteiger partial charge in [0.2, 0.25) is 0 Å². The van der Waals surface area contributed by atoms with Crippen LogP contribution in [0.2, 0.25) is 0 Å². The zero-order valence-corrected chi connectivity index (χ0v) is 25.3. The highest BCUT2D eigenvalue weighted by Gasteiger charge is 2.37. The number of para-hydroxylation sites is 2. The van der Waals surface area contributed by atoms with Gasteiger partial charge in [0.25, 0.3) is 0 Å². The van der Waals surface area contributed by atoms with Crippen LogP contribution in [0.3, 0.4) is 0 Å². The zero-order chi connectivity index (χ0) is 30.3. The van der Waals surface area contributed by atoms with E-state index in [-0.39, 0.29) is 5.92 Å². The fraction of sp³-hybridized carbons (Fsp3) is 0.0714. The molecule has 4 aromatic carbocycles. The minimum absolute atomic E-state index is 0.256. The van der Waals surface area contributed by atoms with Crippen molar-refractivity contribution in [2.75, 3.05) is 4.90 Å². The topological polar surface area (TPSA) is 21.1 Å². The number of aromatic nitrogens is 2. The van der Waals surface area contributed by atoms with Crippen molar-refractivity contribution in [1.29, 1.82) is 0 Å². The fourth-order valence-corrected chi connectivity index (χ4v) is 7.09. The van der Waals surface area contributed by atoms with Crippen molar-refractivity contribution < 1.29 is 0 Å². The molecule has 6 aromatic rings. The maximum atomic E-state index is 5.08. The molecule has 216 valence electrons. The summed E-state index contributed by atoms with van der Waals surface area (Å²) in [6.07, 6.45) is 9.75. The standard InChI is InChI=1S/C42H33N3/c1-3-15-33-35-26-27-36-34-22-11-12-25-40(34)44(31-19-9-6-10-20-31)41(36)42(35)45(39(33)4-2)32-21-13-18-30(28-32)38-24-14-23-37(43-38)29-16-7-5-8-17-29/h3-26,28,36H,2,27H2,1H3/b15-3-. The predicted molar refractivity (Wildman–Crippen MR) is 189 cm³/mol. The Morgan fingerprint density at radius 3 is 2.18 bits per heavy atom. The van der Waals surface area contributed by atoms with Crippen LogP contribution in [0, 0.1) is 0 Å². The second-order valence-corrected chi connectivity index (χ2v) is 11.5. The summed E-state index contributed by atoms with van der Waals surface area (Å²) in [5, 5.41) is 2.48. The Morgan fingerprint density at radius 1 is 0.733 bits per heavy atom. The smallest absolute Gasteiger partial charge is 0.0743 e. The molecule has 2 aliphatic rings. The molecule has 3 heterocycles. The Hall–Kier alpha value is -5.67. The number of nitrogens with zero attached hydrogens (tertiary/aromatic N) is 3. The van der Waals surface area contributed by atoms with Crippen LogP contribution in [0.5, 0.6) is 0 Å². The number of pyridine rings is 1. The summed E-state index contributed by atoms with van der Waals surface area (Å²) >= 11 is 0. The van der Waals surface area contributed by atoms with E-state index in [2.05, 4.69) is 163 Å². The fourth-order valence-electron chi connectivity index (χ4n) is 7.09. The Labute approximate surface area is 264 Å². The first-order chi connectivity index (χ1) is 22.3. The van der Waals surface area contributed by atoms with E-state index in [1.54, 1.807) is 0 Å². The third-order valence-electron chi connectivity index (χ3n) is 8.97. The number of fused-ring (bicyclic) bond motifs is 4. The van der Waals surface area contributed by atoms with Gasteiger partial charge in [0.15, 0.2) is 0 Å². The second kappa shape index (κ2) is 11.1. The molecule has 0 amide bonds. The lowest BCUT2D eigenvalue weighted by Gasteiger charge is -2.25. The first-order valence-electron chi connectivity index (χ1n) is 15.6. The number of rotatable bonds is 6. The van der Waals surface area contributed by atoms with E-state index >= 15 is 0 Å². The maximum absolute atomic E-state index is 5.08. The molecule has 1 atom stereocenters. The highest BCUT2D eigenvalue weighted by molar-refractivity contribution is 5.92. The maximum Gasteiger partial charge on any atom is 0.0743 e. The van der Waals surface area contributed by atoms with Crippen LogP contribution in [0.1, 0.15) is 36.1 Å². The van der Waals surface area contributed by atoms with Crippen LogP contribution >= 0.6 is 0 Å². The van der Waals surface area contributed by atoms with Crippen molar-refractivity contribution in [2.24, 2.45) is 0 Å². The van der Waals surface area contributed by atoms with Crippen LogP contribution in [0.25, 0.3) is 52.1 Å². The summed E-state index contributed by atoms with van der Waals surface area (Å²) in [7, 11) is 0. The minimum Gasteiger partial charge on any atom is -0.311 e. The van der Waals surface area contributed by atoms with Crippen LogP contribution in [-0.2, 0) is 0 Å². The molecule has 0 spiro atoms. The first kappa shape index (κ1) is 26.9. The summed E-state index contributed by atoms with van der Waals surface area (Å²) in [5.74, 6) is 0.256. The van der Waals surface area contributed by atoms with Crippen molar-refractivity contribution in [3.05, 3.63) is 167 Å². The number of hydrogen-bond acceptors (Lipinski definition) is 2. The molecule has 0 saturated carbocycles. The molecular weight excluding hydrogens is 546 g/mol. The first-order valence-corrected chi connectivity index (χ1v) is 15.6. The third-order valence-corrected chi connectivity index (χ3v) is 8.97. The summed E-state index contributed by atoms with van der Waals surface area (Å²) in [6.45, 7) is 6.41. The van der Waals surface area contributed by atoms with E-state index in [4.69, 9.17) is 4.98 Å². The molecule has 1 aliphatic carbocycles. The average Bonchev–Trinajstić information content (AvgIpc) is 3.62. The zero-order valence-electron chi connectivity index (χ0n) is 25.3. The summed E-state index contributed by atoms with van der Waals surface area (Å²) in [4.78, 5) is 7.56. The molecule has 1 aliphatic heterocycles. The molecule has 2 aromatic heterocycles. The lowest BCUT2D eigenvalue weighted by molar-refractivity contribution is 0.881. The average molecular weight is 580 g/mol. The van der Waals surface area contributed by atoms with Gasteiger partial charge in [-0.25, -0.2) is 4.98 Å². The minimum atomic E-state index is 0.256. The molecule has 3 heteroatoms. The van der Waals surface area contributed by atoms with Gasteiger partial charge in [-0.15, -0.1) is 0 Å². The molecule has 3 nitrogen and oxygen atoms in total. The summed E-state index contributed by atoms with van der Waals surface area (Å²) in [6, 6.07) is 45.0. The van der Waals surface area contributed by atoms with Gasteiger partial charge in [0.05, 0.1) is 28.1 Å². The van der Waals surface area contributed by atoms with Crippen LogP contribution < -0.4 is 15.5 Å². The van der Waals surface area contributed by atoms with Gasteiger partial charge < -0.3 is 9.47 Å². The van der Waals surface area contributed by atoms with Crippen molar-refractivity contribution in [1.82, 2.24) is 9.55 Å². The Morgan fingerprint density at radius 2 is 1.40 bits per heavy atom. The van der Waals surface area contributed by atoms with E-state index in [1.807, 2.05) is 12.1 Å². The SMILES string of the molecule is C=Cc1c(/C=C\C)c2c(n1-c1cccc(-c3cccc(-c4ccccc4)n3)c1)=C1C(CC=2)c2ccccc2N1c1ccccc1. The lowest BCUT2D eigenvalue weighted by Crippen LogP contribution is -2.39. The van der Waals surface area contributed by atoms with E-state index in [0.29, 0.717) is 0 Å². The van der Waals surface area contributed by atoms with Crippen molar-refractivity contribution in [3.8, 4) is 28.2 Å². The summed E-state index contributed by atoms with van der Waals surface area (Å²) < 4.78 is 2.42. The molecule has 8 rings (SSSR count). The number of benzene rings is 4. The van der Waals surface area contributed by atoms with E-state index in [0.717, 1.165) is 40.3 Å². The Kier molecular flexibility index (Phi) is 6.65. The Balaban J connectivity index is 1.41. The molecule has 45 heavy (non-hydrogen) atoms. The number of hydrogen-bond donors (Lipinski definition) is 0. The quantitative estimate of drug-likeness (QED) is 0.196. The highest BCUT2D eigenvalue weighted by atomic mass is 15.2. The van der Waals surface area contributed by atoms with Gasteiger partial charge in [0, 0.05) is 44.9 Å². The lowest BCUT2D eigenvalue weighted by atomic mass is 9.91. The predicted octanol–water partition coefficient (Wildman–Crippen LogP) is 9.11. The van der Waals surface area contributed by atoms with E-state index in [9.17, 15) is 0 Å². The molecule has 1 unspecified atom stereocenters. The molecule has 0 bridgehead atoms. The second-order valence-electron chi connectivity index (χ2n) is 11.5. The van der Waals surface area contributed by atoms with Gasteiger partial charge in [0.1, 0.15) is 0 Å². The van der Waals surface area contributed by atoms with Crippen LogP contribution in [-0.4, -0.2) is 9.55 Å². The van der Waals surface area contributed by atoms with Gasteiger partial charge >= 0.3 is 0 Å². The van der Waals surface area contributed by atoms with Gasteiger partial charge in [-0.1, -0.05) is 110 Å². The number of anilines is 2. The van der Waals surface area contributed by atoms with Gasteiger partial charge in [-0.05, 0) is 67.4 Å². The normalized spacial score (nSPS) is 15.0. The molecule has 0 saturated heterocycles. The van der Waals surface area contributed by atoms with Gasteiger partial charge in [-0.2, -0.15) is 0 Å². The highest BCUT2D eigenvalue weighted by Crippen LogP contribution is 2.50. The van der Waals surface area contributed by atoms with Crippen molar-refractivity contribution in [2.45, 2.75) is 19.3 Å². The van der Waals surface area contributed by atoms with Crippen molar-refractivity contribution >= 4 is 35.3 Å². The van der Waals surface area contributed by atoms with Crippen molar-refractivity contribution in [3.63, 3.8) is 0 Å².